The van der Waals surface area contributed by atoms with Crippen LogP contribution in [0.25, 0.3) is 6.08 Å². The van der Waals surface area contributed by atoms with Gasteiger partial charge < -0.3 is 0 Å². The van der Waals surface area contributed by atoms with Crippen LogP contribution < -0.4 is 15.9 Å². The fourth-order valence-corrected chi connectivity index (χ4v) is 6.56. The molecule has 0 aromatic heterocycles. The monoisotopic (exact) mass is 376 g/mol. The topological polar surface area (TPSA) is 0 Å². The molecule has 0 radical (unpaired) electrons. The predicted molar refractivity (Wildman–Crippen MR) is 122 cm³/mol. The molecule has 0 saturated heterocycles. The number of hydrogen-bond donors (Lipinski definition) is 0. The zero-order valence-corrected chi connectivity index (χ0v) is 16.5. The largest absolute Gasteiger partial charge is 0.0720 e. The SMILES string of the molecule is C1=CC(c2ccccc2P(c2ccccc2)c2ccccc2)c2ccccc21. The Kier molecular flexibility index (Phi) is 4.65. The van der Waals surface area contributed by atoms with Crippen molar-refractivity contribution in [3.63, 3.8) is 0 Å². The minimum Gasteiger partial charge on any atom is -0.0720 e. The molecule has 0 aliphatic heterocycles. The lowest BCUT2D eigenvalue weighted by atomic mass is 9.93. The first-order valence-corrected chi connectivity index (χ1v) is 11.0. The Morgan fingerprint density at radius 1 is 0.500 bits per heavy atom. The van der Waals surface area contributed by atoms with Gasteiger partial charge in [-0.05, 0) is 40.5 Å². The molecule has 4 aromatic carbocycles. The van der Waals surface area contributed by atoms with Crippen molar-refractivity contribution in [3.05, 3.63) is 132 Å². The van der Waals surface area contributed by atoms with E-state index in [1.165, 1.54) is 32.6 Å². The molecule has 0 bridgehead atoms. The first-order valence-electron chi connectivity index (χ1n) is 9.68. The predicted octanol–water partition coefficient (Wildman–Crippen LogP) is 5.60. The van der Waals surface area contributed by atoms with Gasteiger partial charge in [-0.2, -0.15) is 0 Å². The molecule has 5 rings (SSSR count). The second-order valence-electron chi connectivity index (χ2n) is 7.03. The van der Waals surface area contributed by atoms with Gasteiger partial charge in [-0.3, -0.25) is 0 Å². The van der Waals surface area contributed by atoms with Crippen molar-refractivity contribution in [2.24, 2.45) is 0 Å². The molecule has 1 heteroatoms. The number of rotatable bonds is 4. The van der Waals surface area contributed by atoms with Gasteiger partial charge in [0.25, 0.3) is 0 Å². The highest BCUT2D eigenvalue weighted by atomic mass is 31.1. The van der Waals surface area contributed by atoms with E-state index in [9.17, 15) is 0 Å². The fourth-order valence-electron chi connectivity index (χ4n) is 4.06. The van der Waals surface area contributed by atoms with Gasteiger partial charge in [0.2, 0.25) is 0 Å². The van der Waals surface area contributed by atoms with Crippen LogP contribution >= 0.6 is 7.92 Å². The highest BCUT2D eigenvalue weighted by molar-refractivity contribution is 7.79. The molecule has 0 fully saturated rings. The van der Waals surface area contributed by atoms with Crippen molar-refractivity contribution < 1.29 is 0 Å². The van der Waals surface area contributed by atoms with Gasteiger partial charge in [-0.15, -0.1) is 0 Å². The molecule has 4 aromatic rings. The summed E-state index contributed by atoms with van der Waals surface area (Å²) >= 11 is 0. The van der Waals surface area contributed by atoms with E-state index >= 15 is 0 Å². The Hall–Kier alpha value is -2.95. The summed E-state index contributed by atoms with van der Waals surface area (Å²) in [7, 11) is -0.606. The van der Waals surface area contributed by atoms with Crippen LogP contribution in [0.1, 0.15) is 22.6 Å². The van der Waals surface area contributed by atoms with Crippen molar-refractivity contribution in [1.82, 2.24) is 0 Å². The van der Waals surface area contributed by atoms with E-state index in [0.717, 1.165) is 0 Å². The van der Waals surface area contributed by atoms with Crippen molar-refractivity contribution in [2.75, 3.05) is 0 Å². The second-order valence-corrected chi connectivity index (χ2v) is 9.22. The van der Waals surface area contributed by atoms with Crippen LogP contribution in [0.3, 0.4) is 0 Å². The van der Waals surface area contributed by atoms with Crippen molar-refractivity contribution in [3.8, 4) is 0 Å². The maximum Gasteiger partial charge on any atom is 0.0285 e. The molecule has 28 heavy (non-hydrogen) atoms. The van der Waals surface area contributed by atoms with Crippen LogP contribution in [-0.2, 0) is 0 Å². The van der Waals surface area contributed by atoms with Gasteiger partial charge >= 0.3 is 0 Å². The summed E-state index contributed by atoms with van der Waals surface area (Å²) < 4.78 is 0. The molecule has 1 atom stereocenters. The summed E-state index contributed by atoms with van der Waals surface area (Å²) in [4.78, 5) is 0. The number of fused-ring (bicyclic) bond motifs is 1. The highest BCUT2D eigenvalue weighted by Gasteiger charge is 2.25. The van der Waals surface area contributed by atoms with E-state index in [1.807, 2.05) is 0 Å². The smallest absolute Gasteiger partial charge is 0.0285 e. The summed E-state index contributed by atoms with van der Waals surface area (Å²) in [5.41, 5.74) is 4.17. The van der Waals surface area contributed by atoms with Crippen molar-refractivity contribution >= 4 is 29.9 Å². The van der Waals surface area contributed by atoms with Crippen molar-refractivity contribution in [2.45, 2.75) is 5.92 Å². The quantitative estimate of drug-likeness (QED) is 0.407. The van der Waals surface area contributed by atoms with Gasteiger partial charge in [0.05, 0.1) is 0 Å². The average molecular weight is 376 g/mol. The van der Waals surface area contributed by atoms with Gasteiger partial charge in [-0.1, -0.05) is 121 Å². The molecule has 1 aliphatic carbocycles. The minimum absolute atomic E-state index is 0.324. The van der Waals surface area contributed by atoms with E-state index in [1.54, 1.807) is 0 Å². The third-order valence-electron chi connectivity index (χ3n) is 5.34. The lowest BCUT2D eigenvalue weighted by Gasteiger charge is -2.24. The van der Waals surface area contributed by atoms with Crippen LogP contribution in [0.15, 0.2) is 115 Å². The van der Waals surface area contributed by atoms with Crippen LogP contribution in [0.2, 0.25) is 0 Å². The molecule has 0 N–H and O–H groups in total. The highest BCUT2D eigenvalue weighted by Crippen LogP contribution is 2.40. The van der Waals surface area contributed by atoms with Crippen LogP contribution in [0.4, 0.5) is 0 Å². The maximum absolute atomic E-state index is 2.35. The summed E-state index contributed by atoms with van der Waals surface area (Å²) in [5.74, 6) is 0.324. The Bertz CT molecular complexity index is 1070. The number of allylic oxidation sites excluding steroid dienone is 1. The molecule has 1 aliphatic rings. The Balaban J connectivity index is 1.69. The zero-order valence-electron chi connectivity index (χ0n) is 15.6. The van der Waals surface area contributed by atoms with Gasteiger partial charge in [0.1, 0.15) is 0 Å². The molecular formula is C27H21P. The minimum atomic E-state index is -0.606. The average Bonchev–Trinajstić information content (AvgIpc) is 3.20. The lowest BCUT2D eigenvalue weighted by Crippen LogP contribution is -2.24. The Morgan fingerprint density at radius 2 is 1.04 bits per heavy atom. The summed E-state index contributed by atoms with van der Waals surface area (Å²) in [6.07, 6.45) is 4.62. The second kappa shape index (κ2) is 7.58. The van der Waals surface area contributed by atoms with E-state index in [0.29, 0.717) is 5.92 Å². The standard InChI is InChI=1S/C27H21P/c1-3-12-22(13-4-1)28(23-14-5-2-6-15-23)27-18-10-9-17-26(27)25-20-19-21-11-7-8-16-24(21)25/h1-20,25H. The van der Waals surface area contributed by atoms with Gasteiger partial charge in [0, 0.05) is 5.92 Å². The normalized spacial score (nSPS) is 15.0. The first kappa shape index (κ1) is 17.2. The van der Waals surface area contributed by atoms with E-state index in [-0.39, 0.29) is 0 Å². The molecule has 0 nitrogen and oxygen atoms in total. The summed E-state index contributed by atoms with van der Waals surface area (Å²) in [5, 5.41) is 4.24. The molecule has 0 spiro atoms. The molecule has 0 heterocycles. The maximum atomic E-state index is 2.35. The van der Waals surface area contributed by atoms with Crippen LogP contribution in [0.5, 0.6) is 0 Å². The Morgan fingerprint density at radius 3 is 1.71 bits per heavy atom. The third kappa shape index (κ3) is 3.11. The van der Waals surface area contributed by atoms with E-state index in [2.05, 4.69) is 121 Å². The molecular weight excluding hydrogens is 355 g/mol. The van der Waals surface area contributed by atoms with Crippen LogP contribution in [-0.4, -0.2) is 0 Å². The van der Waals surface area contributed by atoms with Crippen LogP contribution in [0, 0.1) is 0 Å². The van der Waals surface area contributed by atoms with E-state index < -0.39 is 7.92 Å². The lowest BCUT2D eigenvalue weighted by molar-refractivity contribution is 1.06. The summed E-state index contributed by atoms with van der Waals surface area (Å²) in [6, 6.07) is 39.7. The molecule has 0 saturated carbocycles. The van der Waals surface area contributed by atoms with E-state index in [4.69, 9.17) is 0 Å². The summed E-state index contributed by atoms with van der Waals surface area (Å²) in [6.45, 7) is 0. The first-order chi connectivity index (χ1) is 13.9. The zero-order chi connectivity index (χ0) is 18.8. The number of hydrogen-bond acceptors (Lipinski definition) is 0. The molecule has 0 amide bonds. The Labute approximate surface area is 168 Å². The van der Waals surface area contributed by atoms with Gasteiger partial charge in [0.15, 0.2) is 0 Å². The van der Waals surface area contributed by atoms with Gasteiger partial charge in [-0.25, -0.2) is 0 Å². The fraction of sp³-hybridized carbons (Fsp3) is 0.0370. The molecule has 134 valence electrons. The number of benzene rings is 4. The molecule has 1 unspecified atom stereocenters. The third-order valence-corrected chi connectivity index (χ3v) is 7.86. The van der Waals surface area contributed by atoms with Crippen molar-refractivity contribution in [1.29, 1.82) is 0 Å².